The number of anilines is 1. The normalized spacial score (nSPS) is 10.5. The van der Waals surface area contributed by atoms with E-state index < -0.39 is 5.69 Å². The van der Waals surface area contributed by atoms with Crippen LogP contribution in [0.2, 0.25) is 0 Å². The zero-order valence-corrected chi connectivity index (χ0v) is 11.0. The summed E-state index contributed by atoms with van der Waals surface area (Å²) in [6.07, 6.45) is 0. The lowest BCUT2D eigenvalue weighted by molar-refractivity contribution is 0.477. The van der Waals surface area contributed by atoms with Gasteiger partial charge in [-0.1, -0.05) is 30.3 Å². The summed E-state index contributed by atoms with van der Waals surface area (Å²) in [6, 6.07) is 15.5. The highest BCUT2D eigenvalue weighted by atomic mass is 16.3. The smallest absolute Gasteiger partial charge is 0.370 e. The molecule has 6 nitrogen and oxygen atoms in total. The minimum absolute atomic E-state index is 0.0197. The summed E-state index contributed by atoms with van der Waals surface area (Å²) in [6.45, 7) is 0. The van der Waals surface area contributed by atoms with Gasteiger partial charge in [0, 0.05) is 5.56 Å². The first-order valence-corrected chi connectivity index (χ1v) is 6.27. The highest BCUT2D eigenvalue weighted by molar-refractivity contribution is 5.74. The number of phenols is 1. The number of nitrogens with zero attached hydrogens (tertiary/aromatic N) is 3. The molecule has 3 aromatic rings. The molecule has 0 aliphatic rings. The lowest BCUT2D eigenvalue weighted by Crippen LogP contribution is -2.26. The van der Waals surface area contributed by atoms with Crippen molar-refractivity contribution in [1.29, 1.82) is 0 Å². The lowest BCUT2D eigenvalue weighted by atomic mass is 10.1. The fourth-order valence-corrected chi connectivity index (χ4v) is 2.00. The number of hydrogen-bond donors (Lipinski definition) is 2. The Kier molecular flexibility index (Phi) is 3.12. The zero-order valence-electron chi connectivity index (χ0n) is 11.0. The van der Waals surface area contributed by atoms with Crippen molar-refractivity contribution in [1.82, 2.24) is 14.8 Å². The molecule has 0 saturated carbocycles. The van der Waals surface area contributed by atoms with Crippen LogP contribution in [0, 0.1) is 0 Å². The Morgan fingerprint density at radius 1 is 1.00 bits per heavy atom. The van der Waals surface area contributed by atoms with E-state index in [1.165, 1.54) is 6.07 Å². The molecule has 0 radical (unpaired) electrons. The molecule has 0 atom stereocenters. The first kappa shape index (κ1) is 12.9. The third-order valence-corrected chi connectivity index (χ3v) is 3.00. The van der Waals surface area contributed by atoms with Gasteiger partial charge in [0.25, 0.3) is 0 Å². The number of hydrogen-bond acceptors (Lipinski definition) is 5. The number of aromatic hydroxyl groups is 1. The molecule has 1 aromatic heterocycles. The Morgan fingerprint density at radius 2 is 1.67 bits per heavy atom. The Bertz CT molecular complexity index is 844. The standard InChI is InChI=1S/C15H12N4O2/c16-14-13(11-8-4-5-9-12(11)20)18-19(15(21)17-14)10-6-2-1-3-7-10/h1-9,20H,(H2,16,17,21). The number of nitrogens with two attached hydrogens (primary N) is 1. The number of aromatic nitrogens is 3. The molecule has 3 rings (SSSR count). The van der Waals surface area contributed by atoms with Gasteiger partial charge in [-0.15, -0.1) is 0 Å². The molecular weight excluding hydrogens is 268 g/mol. The predicted molar refractivity (Wildman–Crippen MR) is 79.1 cm³/mol. The van der Waals surface area contributed by atoms with E-state index in [4.69, 9.17) is 5.73 Å². The predicted octanol–water partition coefficient (Wildman–Crippen LogP) is 1.58. The Morgan fingerprint density at radius 3 is 2.38 bits per heavy atom. The van der Waals surface area contributed by atoms with Crippen molar-refractivity contribution in [2.45, 2.75) is 0 Å². The van der Waals surface area contributed by atoms with Crippen LogP contribution >= 0.6 is 0 Å². The van der Waals surface area contributed by atoms with Gasteiger partial charge in [0.1, 0.15) is 11.4 Å². The van der Waals surface area contributed by atoms with Crippen LogP contribution in [0.4, 0.5) is 5.82 Å². The van der Waals surface area contributed by atoms with Crippen molar-refractivity contribution in [2.24, 2.45) is 0 Å². The van der Waals surface area contributed by atoms with Gasteiger partial charge in [-0.2, -0.15) is 14.8 Å². The minimum atomic E-state index is -0.571. The Labute approximate surface area is 120 Å². The third-order valence-electron chi connectivity index (χ3n) is 3.00. The second-order valence-electron chi connectivity index (χ2n) is 4.39. The number of phenolic OH excluding ortho intramolecular Hbond substituents is 1. The second kappa shape index (κ2) is 5.09. The molecule has 1 heterocycles. The van der Waals surface area contributed by atoms with Gasteiger partial charge in [-0.3, -0.25) is 0 Å². The van der Waals surface area contributed by atoms with Crippen molar-refractivity contribution in [3.8, 4) is 22.7 Å². The van der Waals surface area contributed by atoms with Gasteiger partial charge in [-0.25, -0.2) is 4.79 Å². The fourth-order valence-electron chi connectivity index (χ4n) is 2.00. The highest BCUT2D eigenvalue weighted by Gasteiger charge is 2.14. The average Bonchev–Trinajstić information content (AvgIpc) is 2.49. The lowest BCUT2D eigenvalue weighted by Gasteiger charge is -2.09. The monoisotopic (exact) mass is 280 g/mol. The summed E-state index contributed by atoms with van der Waals surface area (Å²) in [7, 11) is 0. The molecule has 6 heteroatoms. The summed E-state index contributed by atoms with van der Waals surface area (Å²) in [5, 5.41) is 14.1. The molecule has 0 spiro atoms. The molecule has 0 amide bonds. The van der Waals surface area contributed by atoms with E-state index >= 15 is 0 Å². The van der Waals surface area contributed by atoms with Crippen LogP contribution in [0.3, 0.4) is 0 Å². The first-order valence-electron chi connectivity index (χ1n) is 6.27. The van der Waals surface area contributed by atoms with Gasteiger partial charge in [0.05, 0.1) is 5.69 Å². The summed E-state index contributed by atoms with van der Waals surface area (Å²) in [5.74, 6) is 0.00504. The summed E-state index contributed by atoms with van der Waals surface area (Å²) in [4.78, 5) is 15.7. The number of para-hydroxylation sites is 2. The van der Waals surface area contributed by atoms with E-state index in [-0.39, 0.29) is 17.3 Å². The minimum Gasteiger partial charge on any atom is -0.507 e. The van der Waals surface area contributed by atoms with Crippen LogP contribution in [-0.2, 0) is 0 Å². The van der Waals surface area contributed by atoms with E-state index in [0.29, 0.717) is 11.3 Å². The van der Waals surface area contributed by atoms with Crippen LogP contribution in [0.5, 0.6) is 5.75 Å². The molecule has 2 aromatic carbocycles. The quantitative estimate of drug-likeness (QED) is 0.743. The molecular formula is C15H12N4O2. The molecule has 0 saturated heterocycles. The van der Waals surface area contributed by atoms with Gasteiger partial charge in [0.15, 0.2) is 5.82 Å². The maximum atomic E-state index is 12.0. The number of rotatable bonds is 2. The average molecular weight is 280 g/mol. The van der Waals surface area contributed by atoms with Crippen LogP contribution in [0.1, 0.15) is 0 Å². The SMILES string of the molecule is Nc1nc(=O)n(-c2ccccc2)nc1-c1ccccc1O. The van der Waals surface area contributed by atoms with E-state index in [9.17, 15) is 9.90 Å². The van der Waals surface area contributed by atoms with Crippen molar-refractivity contribution in [3.05, 3.63) is 65.1 Å². The van der Waals surface area contributed by atoms with Crippen molar-refractivity contribution >= 4 is 5.82 Å². The van der Waals surface area contributed by atoms with Gasteiger partial charge in [-0.05, 0) is 24.3 Å². The van der Waals surface area contributed by atoms with Gasteiger partial charge >= 0.3 is 5.69 Å². The van der Waals surface area contributed by atoms with Crippen LogP contribution in [0.15, 0.2) is 59.4 Å². The van der Waals surface area contributed by atoms with Gasteiger partial charge in [0.2, 0.25) is 0 Å². The third kappa shape index (κ3) is 2.34. The number of benzene rings is 2. The molecule has 0 unspecified atom stereocenters. The largest absolute Gasteiger partial charge is 0.507 e. The molecule has 3 N–H and O–H groups in total. The molecule has 104 valence electrons. The van der Waals surface area contributed by atoms with Crippen molar-refractivity contribution in [2.75, 3.05) is 5.73 Å². The zero-order chi connectivity index (χ0) is 14.8. The van der Waals surface area contributed by atoms with Gasteiger partial charge < -0.3 is 10.8 Å². The fraction of sp³-hybridized carbons (Fsp3) is 0. The molecule has 0 aliphatic carbocycles. The first-order chi connectivity index (χ1) is 10.2. The highest BCUT2D eigenvalue weighted by Crippen LogP contribution is 2.29. The molecule has 0 fully saturated rings. The van der Waals surface area contributed by atoms with E-state index in [1.54, 1.807) is 42.5 Å². The van der Waals surface area contributed by atoms with E-state index in [2.05, 4.69) is 10.1 Å². The topological polar surface area (TPSA) is 94.0 Å². The maximum absolute atomic E-state index is 12.0. The summed E-state index contributed by atoms with van der Waals surface area (Å²) < 4.78 is 1.15. The summed E-state index contributed by atoms with van der Waals surface area (Å²) in [5.41, 5.74) is 6.46. The molecule has 0 bridgehead atoms. The van der Waals surface area contributed by atoms with E-state index in [0.717, 1.165) is 4.68 Å². The van der Waals surface area contributed by atoms with Crippen LogP contribution < -0.4 is 11.4 Å². The maximum Gasteiger partial charge on any atom is 0.370 e. The molecule has 21 heavy (non-hydrogen) atoms. The number of nitrogen functional groups attached to an aromatic ring is 1. The molecule has 0 aliphatic heterocycles. The van der Waals surface area contributed by atoms with Crippen LogP contribution in [-0.4, -0.2) is 19.9 Å². The van der Waals surface area contributed by atoms with Crippen molar-refractivity contribution < 1.29 is 5.11 Å². The second-order valence-corrected chi connectivity index (χ2v) is 4.39. The van der Waals surface area contributed by atoms with E-state index in [1.807, 2.05) is 6.07 Å². The van der Waals surface area contributed by atoms with Crippen molar-refractivity contribution in [3.63, 3.8) is 0 Å². The van der Waals surface area contributed by atoms with Crippen LogP contribution in [0.25, 0.3) is 16.9 Å². The summed E-state index contributed by atoms with van der Waals surface area (Å²) >= 11 is 0. The Hall–Kier alpha value is -3.15. The Balaban J connectivity index is 2.24.